The number of fused-ring (bicyclic) bond motifs is 5. The second-order valence-corrected chi connectivity index (χ2v) is 4.18. The summed E-state index contributed by atoms with van der Waals surface area (Å²) >= 11 is 0. The number of hydrogen-bond donors (Lipinski definition) is 1. The minimum Gasteiger partial charge on any atom is -0.343 e. The quantitative estimate of drug-likeness (QED) is 0.564. The topological polar surface area (TPSA) is 39.7 Å². The smallest absolute Gasteiger partial charge is 0.163 e. The molecule has 2 heterocycles. The van der Waals surface area contributed by atoms with Gasteiger partial charge in [-0.3, -0.25) is 4.84 Å². The molecule has 1 N–H and O–H groups in total. The summed E-state index contributed by atoms with van der Waals surface area (Å²) in [5.74, 6) is -0.429. The second-order valence-electron chi connectivity index (χ2n) is 4.18. The van der Waals surface area contributed by atoms with Crippen LogP contribution in [0.3, 0.4) is 0 Å². The number of hydrogen-bond acceptors (Lipinski definition) is 4. The number of hydroxylamine groups is 1. The molecule has 12 heavy (non-hydrogen) atoms. The average molecular weight is 171 g/mol. The van der Waals surface area contributed by atoms with Gasteiger partial charge in [0.15, 0.2) is 5.79 Å². The molecule has 2 aliphatic heterocycles. The van der Waals surface area contributed by atoms with Gasteiger partial charge in [-0.05, 0) is 20.3 Å². The average Bonchev–Trinajstić information content (AvgIpc) is 2.54. The van der Waals surface area contributed by atoms with E-state index in [-0.39, 0.29) is 18.3 Å². The van der Waals surface area contributed by atoms with Crippen molar-refractivity contribution in [2.75, 3.05) is 0 Å². The third-order valence-corrected chi connectivity index (χ3v) is 2.78. The summed E-state index contributed by atoms with van der Waals surface area (Å²) in [5, 5.41) is 0. The molecular weight excluding hydrogens is 158 g/mol. The molecule has 3 rings (SSSR count). The lowest BCUT2D eigenvalue weighted by Crippen LogP contribution is -2.44. The Kier molecular flexibility index (Phi) is 1.22. The number of nitrogens with one attached hydrogen (secondary N) is 1. The lowest BCUT2D eigenvalue weighted by atomic mass is 10.2. The summed E-state index contributed by atoms with van der Waals surface area (Å²) in [7, 11) is 0. The van der Waals surface area contributed by atoms with Crippen LogP contribution in [0.2, 0.25) is 0 Å². The Morgan fingerprint density at radius 3 is 2.75 bits per heavy atom. The molecule has 2 bridgehead atoms. The Bertz CT molecular complexity index is 198. The zero-order chi connectivity index (χ0) is 8.34. The Morgan fingerprint density at radius 2 is 2.00 bits per heavy atom. The maximum absolute atomic E-state index is 5.74. The fraction of sp³-hybridized carbons (Fsp3) is 1.00. The SMILES string of the molecule is CC1(C)OC2C3C[C@@H](ON3)C2O1. The lowest BCUT2D eigenvalue weighted by molar-refractivity contribution is -0.157. The van der Waals surface area contributed by atoms with Crippen molar-refractivity contribution in [1.82, 2.24) is 5.48 Å². The van der Waals surface area contributed by atoms with E-state index < -0.39 is 5.79 Å². The summed E-state index contributed by atoms with van der Waals surface area (Å²) in [6, 6.07) is 0.335. The van der Waals surface area contributed by atoms with Crippen LogP contribution in [0.5, 0.6) is 0 Å². The maximum Gasteiger partial charge on any atom is 0.163 e. The van der Waals surface area contributed by atoms with Crippen molar-refractivity contribution in [2.45, 2.75) is 50.4 Å². The van der Waals surface area contributed by atoms with Gasteiger partial charge in [0.1, 0.15) is 18.3 Å². The summed E-state index contributed by atoms with van der Waals surface area (Å²) < 4.78 is 11.5. The third kappa shape index (κ3) is 0.808. The van der Waals surface area contributed by atoms with Crippen molar-refractivity contribution in [2.24, 2.45) is 0 Å². The molecule has 2 saturated heterocycles. The van der Waals surface area contributed by atoms with Gasteiger partial charge in [0.2, 0.25) is 0 Å². The highest BCUT2D eigenvalue weighted by molar-refractivity contribution is 5.04. The fourth-order valence-corrected chi connectivity index (χ4v) is 2.34. The molecule has 0 spiro atoms. The summed E-state index contributed by atoms with van der Waals surface area (Å²) in [5.41, 5.74) is 2.96. The van der Waals surface area contributed by atoms with Crippen LogP contribution in [-0.2, 0) is 14.3 Å². The first kappa shape index (κ1) is 7.26. The van der Waals surface area contributed by atoms with Gasteiger partial charge < -0.3 is 9.47 Å². The van der Waals surface area contributed by atoms with Gasteiger partial charge >= 0.3 is 0 Å². The van der Waals surface area contributed by atoms with Crippen molar-refractivity contribution in [3.8, 4) is 0 Å². The Labute approximate surface area is 71.1 Å². The summed E-state index contributed by atoms with van der Waals surface area (Å²) in [4.78, 5) is 5.30. The minimum absolute atomic E-state index is 0.145. The first-order valence-electron chi connectivity index (χ1n) is 4.42. The third-order valence-electron chi connectivity index (χ3n) is 2.78. The summed E-state index contributed by atoms with van der Waals surface area (Å²) in [6.07, 6.45) is 1.55. The molecule has 0 aromatic rings. The van der Waals surface area contributed by atoms with E-state index in [1.807, 2.05) is 13.8 Å². The van der Waals surface area contributed by atoms with Crippen molar-refractivity contribution < 1.29 is 14.3 Å². The minimum atomic E-state index is -0.429. The first-order chi connectivity index (χ1) is 5.66. The van der Waals surface area contributed by atoms with E-state index in [4.69, 9.17) is 14.3 Å². The van der Waals surface area contributed by atoms with E-state index >= 15 is 0 Å². The molecule has 3 aliphatic rings. The maximum atomic E-state index is 5.74. The zero-order valence-corrected chi connectivity index (χ0v) is 7.24. The Balaban J connectivity index is 1.87. The van der Waals surface area contributed by atoms with Gasteiger partial charge in [-0.1, -0.05) is 0 Å². The van der Waals surface area contributed by atoms with E-state index in [1.54, 1.807) is 0 Å². The highest BCUT2D eigenvalue weighted by Crippen LogP contribution is 2.42. The van der Waals surface area contributed by atoms with E-state index in [1.165, 1.54) is 0 Å². The predicted octanol–water partition coefficient (Wildman–Crippen LogP) is 0.182. The Hall–Kier alpha value is -0.160. The van der Waals surface area contributed by atoms with E-state index in [9.17, 15) is 0 Å². The predicted molar refractivity (Wildman–Crippen MR) is 40.2 cm³/mol. The molecule has 4 heteroatoms. The Morgan fingerprint density at radius 1 is 1.25 bits per heavy atom. The highest BCUT2D eigenvalue weighted by Gasteiger charge is 2.58. The van der Waals surface area contributed by atoms with E-state index in [0.717, 1.165) is 6.42 Å². The van der Waals surface area contributed by atoms with Crippen LogP contribution in [0.25, 0.3) is 0 Å². The monoisotopic (exact) mass is 171 g/mol. The molecule has 68 valence electrons. The summed E-state index contributed by atoms with van der Waals surface area (Å²) in [6.45, 7) is 3.90. The van der Waals surface area contributed by atoms with E-state index in [0.29, 0.717) is 6.04 Å². The van der Waals surface area contributed by atoms with Gasteiger partial charge in [0.05, 0.1) is 6.04 Å². The molecule has 0 radical (unpaired) electrons. The van der Waals surface area contributed by atoms with Crippen LogP contribution in [0.1, 0.15) is 20.3 Å². The number of rotatable bonds is 0. The van der Waals surface area contributed by atoms with Crippen LogP contribution in [0.4, 0.5) is 0 Å². The van der Waals surface area contributed by atoms with Gasteiger partial charge in [-0.2, -0.15) is 5.48 Å². The highest BCUT2D eigenvalue weighted by atomic mass is 16.8. The zero-order valence-electron chi connectivity index (χ0n) is 7.24. The van der Waals surface area contributed by atoms with Crippen LogP contribution < -0.4 is 5.48 Å². The van der Waals surface area contributed by atoms with Crippen molar-refractivity contribution in [1.29, 1.82) is 0 Å². The number of ether oxygens (including phenoxy) is 2. The fourth-order valence-electron chi connectivity index (χ4n) is 2.34. The van der Waals surface area contributed by atoms with Gasteiger partial charge in [0.25, 0.3) is 0 Å². The standard InChI is InChI=1S/C8H13NO3/c1-8(2)10-6-4-3-5(12-9-4)7(6)11-8/h4-7,9H,3H2,1-2H3/t4?,5-,6?,7?/m1/s1. The van der Waals surface area contributed by atoms with Crippen molar-refractivity contribution in [3.05, 3.63) is 0 Å². The normalized spacial score (nSPS) is 54.5. The van der Waals surface area contributed by atoms with Crippen molar-refractivity contribution in [3.63, 3.8) is 0 Å². The molecule has 4 atom stereocenters. The molecule has 3 unspecified atom stereocenters. The molecule has 4 nitrogen and oxygen atoms in total. The second kappa shape index (κ2) is 2.01. The molecule has 0 aromatic carbocycles. The largest absolute Gasteiger partial charge is 0.343 e. The lowest BCUT2D eigenvalue weighted by Gasteiger charge is -2.21. The van der Waals surface area contributed by atoms with Gasteiger partial charge in [-0.15, -0.1) is 0 Å². The van der Waals surface area contributed by atoms with Crippen LogP contribution in [0.15, 0.2) is 0 Å². The van der Waals surface area contributed by atoms with Gasteiger partial charge in [0, 0.05) is 0 Å². The molecule has 3 fully saturated rings. The van der Waals surface area contributed by atoms with E-state index in [2.05, 4.69) is 5.48 Å². The molecule has 0 amide bonds. The molecular formula is C8H13NO3. The van der Waals surface area contributed by atoms with Crippen molar-refractivity contribution >= 4 is 0 Å². The molecule has 1 saturated carbocycles. The first-order valence-corrected chi connectivity index (χ1v) is 4.42. The van der Waals surface area contributed by atoms with Crippen LogP contribution in [0, 0.1) is 0 Å². The molecule has 1 aliphatic carbocycles. The van der Waals surface area contributed by atoms with Crippen LogP contribution in [-0.4, -0.2) is 30.1 Å². The molecule has 0 aromatic heterocycles. The van der Waals surface area contributed by atoms with Crippen LogP contribution >= 0.6 is 0 Å². The van der Waals surface area contributed by atoms with Gasteiger partial charge in [-0.25, -0.2) is 0 Å².